The van der Waals surface area contributed by atoms with E-state index in [-0.39, 0.29) is 6.42 Å². The molecule has 0 saturated heterocycles. The Balaban J connectivity index is 2.36. The maximum atomic E-state index is 13.2. The van der Waals surface area contributed by atoms with E-state index < -0.39 is 28.9 Å². The summed E-state index contributed by atoms with van der Waals surface area (Å²) in [6, 6.07) is 1.90. The smallest absolute Gasteiger partial charge is 0.294 e. The molecule has 0 bridgehead atoms. The van der Waals surface area contributed by atoms with Gasteiger partial charge in [0.15, 0.2) is 5.78 Å². The van der Waals surface area contributed by atoms with Crippen LogP contribution in [0.25, 0.3) is 0 Å². The molecular weight excluding hydrogens is 306 g/mol. The van der Waals surface area contributed by atoms with E-state index in [0.29, 0.717) is 23.2 Å². The standard InChI is InChI=1S/C14H11F4NOS/c1-7-8(2)21-13(19-7)6-12(20)10-5-9(15)3-4-11(10)14(16,17)18/h3-5H,6H2,1-2H3. The summed E-state index contributed by atoms with van der Waals surface area (Å²) in [5, 5.41) is 0.424. The first-order valence-corrected chi connectivity index (χ1v) is 6.83. The number of alkyl halides is 3. The lowest BCUT2D eigenvalue weighted by atomic mass is 10.0. The Morgan fingerprint density at radius 1 is 1.29 bits per heavy atom. The third kappa shape index (κ3) is 3.47. The van der Waals surface area contributed by atoms with Crippen LogP contribution in [-0.4, -0.2) is 10.8 Å². The molecule has 0 spiro atoms. The monoisotopic (exact) mass is 317 g/mol. The first-order valence-electron chi connectivity index (χ1n) is 6.01. The van der Waals surface area contributed by atoms with Gasteiger partial charge in [-0.15, -0.1) is 11.3 Å². The third-order valence-corrected chi connectivity index (χ3v) is 4.04. The van der Waals surface area contributed by atoms with Crippen molar-refractivity contribution in [1.29, 1.82) is 0 Å². The zero-order valence-electron chi connectivity index (χ0n) is 11.2. The zero-order chi connectivity index (χ0) is 15.8. The molecule has 0 radical (unpaired) electrons. The molecule has 2 nitrogen and oxygen atoms in total. The van der Waals surface area contributed by atoms with Crippen LogP contribution in [0.3, 0.4) is 0 Å². The highest BCUT2D eigenvalue weighted by Gasteiger charge is 2.35. The van der Waals surface area contributed by atoms with E-state index in [1.54, 1.807) is 6.92 Å². The van der Waals surface area contributed by atoms with Gasteiger partial charge in [-0.3, -0.25) is 4.79 Å². The Kier molecular flexibility index (Phi) is 4.13. The topological polar surface area (TPSA) is 30.0 Å². The number of benzene rings is 1. The summed E-state index contributed by atoms with van der Waals surface area (Å²) >= 11 is 1.25. The van der Waals surface area contributed by atoms with Gasteiger partial charge < -0.3 is 0 Å². The number of carbonyl (C=O) groups excluding carboxylic acids is 1. The Bertz CT molecular complexity index is 671. The summed E-state index contributed by atoms with van der Waals surface area (Å²) in [7, 11) is 0. The van der Waals surface area contributed by atoms with Crippen molar-refractivity contribution in [2.75, 3.05) is 0 Å². The number of rotatable bonds is 3. The van der Waals surface area contributed by atoms with E-state index in [1.807, 2.05) is 6.92 Å². The largest absolute Gasteiger partial charge is 0.417 e. The van der Waals surface area contributed by atoms with Crippen LogP contribution in [0.15, 0.2) is 18.2 Å². The van der Waals surface area contributed by atoms with E-state index >= 15 is 0 Å². The normalized spacial score (nSPS) is 11.7. The lowest BCUT2D eigenvalue weighted by Crippen LogP contribution is -2.15. The van der Waals surface area contributed by atoms with Gasteiger partial charge in [0.1, 0.15) is 10.8 Å². The number of halogens is 4. The minimum atomic E-state index is -4.70. The quantitative estimate of drug-likeness (QED) is 0.622. The number of ketones is 1. The van der Waals surface area contributed by atoms with Crippen LogP contribution in [0.4, 0.5) is 17.6 Å². The second kappa shape index (κ2) is 5.55. The average Bonchev–Trinajstić information content (AvgIpc) is 2.66. The Hall–Kier alpha value is -1.76. The summed E-state index contributed by atoms with van der Waals surface area (Å²) in [4.78, 5) is 17.1. The van der Waals surface area contributed by atoms with Crippen molar-refractivity contribution in [3.8, 4) is 0 Å². The number of thiazole rings is 1. The van der Waals surface area contributed by atoms with Gasteiger partial charge in [-0.2, -0.15) is 13.2 Å². The molecule has 0 aliphatic carbocycles. The fourth-order valence-electron chi connectivity index (χ4n) is 1.84. The fraction of sp³-hybridized carbons (Fsp3) is 0.286. The summed E-state index contributed by atoms with van der Waals surface area (Å²) in [5.41, 5.74) is -1.05. The molecule has 0 amide bonds. The van der Waals surface area contributed by atoms with E-state index in [4.69, 9.17) is 0 Å². The molecule has 1 aromatic heterocycles. The van der Waals surface area contributed by atoms with Gasteiger partial charge >= 0.3 is 6.18 Å². The van der Waals surface area contributed by atoms with Crippen LogP contribution < -0.4 is 0 Å². The van der Waals surface area contributed by atoms with Crippen molar-refractivity contribution in [2.45, 2.75) is 26.4 Å². The summed E-state index contributed by atoms with van der Waals surface area (Å²) < 4.78 is 51.7. The van der Waals surface area contributed by atoms with E-state index in [0.717, 1.165) is 10.6 Å². The van der Waals surface area contributed by atoms with Crippen molar-refractivity contribution in [1.82, 2.24) is 4.98 Å². The molecule has 2 rings (SSSR count). The molecule has 7 heteroatoms. The van der Waals surface area contributed by atoms with Gasteiger partial charge in [-0.05, 0) is 32.0 Å². The number of hydrogen-bond donors (Lipinski definition) is 0. The number of hydrogen-bond acceptors (Lipinski definition) is 3. The average molecular weight is 317 g/mol. The van der Waals surface area contributed by atoms with E-state index in [1.165, 1.54) is 11.3 Å². The Morgan fingerprint density at radius 3 is 2.48 bits per heavy atom. The number of carbonyl (C=O) groups is 1. The molecule has 21 heavy (non-hydrogen) atoms. The Morgan fingerprint density at radius 2 is 1.95 bits per heavy atom. The van der Waals surface area contributed by atoms with Crippen LogP contribution in [0.2, 0.25) is 0 Å². The number of aromatic nitrogens is 1. The maximum Gasteiger partial charge on any atom is 0.417 e. The predicted octanol–water partition coefficient (Wildman–Crippen LogP) is 4.34. The first-order chi connectivity index (χ1) is 9.68. The molecule has 0 aliphatic rings. The summed E-state index contributed by atoms with van der Waals surface area (Å²) in [6.07, 6.45) is -4.97. The Labute approximate surface area is 122 Å². The van der Waals surface area contributed by atoms with E-state index in [2.05, 4.69) is 4.98 Å². The van der Waals surface area contributed by atoms with Crippen LogP contribution in [0.1, 0.15) is 31.5 Å². The van der Waals surface area contributed by atoms with Crippen molar-refractivity contribution < 1.29 is 22.4 Å². The number of aryl methyl sites for hydroxylation is 2. The van der Waals surface area contributed by atoms with Crippen molar-refractivity contribution >= 4 is 17.1 Å². The molecular formula is C14H11F4NOS. The molecule has 1 aromatic carbocycles. The highest BCUT2D eigenvalue weighted by Crippen LogP contribution is 2.33. The molecule has 0 unspecified atom stereocenters. The molecule has 0 saturated carbocycles. The van der Waals surface area contributed by atoms with Gasteiger partial charge in [-0.25, -0.2) is 9.37 Å². The lowest BCUT2D eigenvalue weighted by molar-refractivity contribution is -0.137. The molecule has 112 valence electrons. The lowest BCUT2D eigenvalue weighted by Gasteiger charge is -2.11. The third-order valence-electron chi connectivity index (χ3n) is 2.97. The van der Waals surface area contributed by atoms with Gasteiger partial charge in [0.25, 0.3) is 0 Å². The van der Waals surface area contributed by atoms with Crippen LogP contribution in [-0.2, 0) is 12.6 Å². The molecule has 0 atom stereocenters. The summed E-state index contributed by atoms with van der Waals surface area (Å²) in [5.74, 6) is -1.67. The fourth-order valence-corrected chi connectivity index (χ4v) is 2.77. The number of Topliss-reactive ketones (excluding diaryl/α,β-unsaturated/α-hetero) is 1. The van der Waals surface area contributed by atoms with Gasteiger partial charge in [0.05, 0.1) is 17.7 Å². The molecule has 0 fully saturated rings. The van der Waals surface area contributed by atoms with Crippen molar-refractivity contribution in [3.63, 3.8) is 0 Å². The SMILES string of the molecule is Cc1nc(CC(=O)c2cc(F)ccc2C(F)(F)F)sc1C. The predicted molar refractivity (Wildman–Crippen MR) is 71.0 cm³/mol. The van der Waals surface area contributed by atoms with Crippen molar-refractivity contribution in [3.05, 3.63) is 50.7 Å². The molecule has 1 heterocycles. The highest BCUT2D eigenvalue weighted by molar-refractivity contribution is 7.11. The van der Waals surface area contributed by atoms with Crippen LogP contribution >= 0.6 is 11.3 Å². The number of nitrogens with zero attached hydrogens (tertiary/aromatic N) is 1. The van der Waals surface area contributed by atoms with E-state index in [9.17, 15) is 22.4 Å². The van der Waals surface area contributed by atoms with Crippen LogP contribution in [0, 0.1) is 19.7 Å². The maximum absolute atomic E-state index is 13.2. The van der Waals surface area contributed by atoms with Crippen molar-refractivity contribution in [2.24, 2.45) is 0 Å². The minimum Gasteiger partial charge on any atom is -0.294 e. The second-order valence-electron chi connectivity index (χ2n) is 4.54. The highest BCUT2D eigenvalue weighted by atomic mass is 32.1. The molecule has 0 aliphatic heterocycles. The molecule has 2 aromatic rings. The molecule has 0 N–H and O–H groups in total. The second-order valence-corrected chi connectivity index (χ2v) is 5.82. The zero-order valence-corrected chi connectivity index (χ0v) is 12.0. The minimum absolute atomic E-state index is 0.272. The summed E-state index contributed by atoms with van der Waals surface area (Å²) in [6.45, 7) is 3.56. The first kappa shape index (κ1) is 15.6. The van der Waals surface area contributed by atoms with Gasteiger partial charge in [0.2, 0.25) is 0 Å². The van der Waals surface area contributed by atoms with Gasteiger partial charge in [0, 0.05) is 10.4 Å². The van der Waals surface area contributed by atoms with Crippen LogP contribution in [0.5, 0.6) is 0 Å². The van der Waals surface area contributed by atoms with Gasteiger partial charge in [-0.1, -0.05) is 0 Å².